The largest absolute Gasteiger partial charge is 0.342 e. The van der Waals surface area contributed by atoms with Crippen LogP contribution in [0.15, 0.2) is 18.3 Å². The number of pyridine rings is 1. The molecule has 1 aliphatic rings. The van der Waals surface area contributed by atoms with Gasteiger partial charge in [0.25, 0.3) is 5.91 Å². The Morgan fingerprint density at radius 3 is 2.62 bits per heavy atom. The van der Waals surface area contributed by atoms with Crippen LogP contribution >= 0.6 is 0 Å². The summed E-state index contributed by atoms with van der Waals surface area (Å²) in [5.74, 6) is -0.0175. The van der Waals surface area contributed by atoms with Crippen LogP contribution in [0.3, 0.4) is 0 Å². The highest BCUT2D eigenvalue weighted by Crippen LogP contribution is 2.17. The summed E-state index contributed by atoms with van der Waals surface area (Å²) in [6.07, 6.45) is 2.71. The standard InChI is InChI=1S/C15H18N4O2/c1-11-4-3-5-19-13(12(2)16-14(11)19)15(21)18-8-6-17(10-20)7-9-18/h3-5,10H,6-9H2,1-2H3. The lowest BCUT2D eigenvalue weighted by molar-refractivity contribution is -0.119. The van der Waals surface area contributed by atoms with E-state index < -0.39 is 0 Å². The van der Waals surface area contributed by atoms with Gasteiger partial charge in [-0.2, -0.15) is 0 Å². The maximum Gasteiger partial charge on any atom is 0.272 e. The monoisotopic (exact) mass is 286 g/mol. The smallest absolute Gasteiger partial charge is 0.272 e. The van der Waals surface area contributed by atoms with Gasteiger partial charge in [0.1, 0.15) is 11.3 Å². The number of piperazine rings is 1. The van der Waals surface area contributed by atoms with Crippen LogP contribution < -0.4 is 0 Å². The first kappa shape index (κ1) is 13.6. The van der Waals surface area contributed by atoms with Crippen molar-refractivity contribution in [1.82, 2.24) is 19.2 Å². The summed E-state index contributed by atoms with van der Waals surface area (Å²) in [7, 11) is 0. The Labute approximate surface area is 123 Å². The number of carbonyl (C=O) groups is 2. The summed E-state index contributed by atoms with van der Waals surface area (Å²) >= 11 is 0. The Hall–Kier alpha value is -2.37. The maximum atomic E-state index is 12.8. The van der Waals surface area contributed by atoms with E-state index in [2.05, 4.69) is 4.98 Å². The van der Waals surface area contributed by atoms with Crippen molar-refractivity contribution in [3.05, 3.63) is 35.3 Å². The van der Waals surface area contributed by atoms with Crippen molar-refractivity contribution in [2.75, 3.05) is 26.2 Å². The minimum absolute atomic E-state index is 0.0175. The number of rotatable bonds is 2. The molecule has 0 radical (unpaired) electrons. The minimum Gasteiger partial charge on any atom is -0.342 e. The number of fused-ring (bicyclic) bond motifs is 1. The lowest BCUT2D eigenvalue weighted by Crippen LogP contribution is -2.48. The Kier molecular flexibility index (Phi) is 3.37. The van der Waals surface area contributed by atoms with E-state index in [1.54, 1.807) is 9.80 Å². The predicted octanol–water partition coefficient (Wildman–Crippen LogP) is 0.865. The predicted molar refractivity (Wildman–Crippen MR) is 78.2 cm³/mol. The molecule has 3 rings (SSSR count). The van der Waals surface area contributed by atoms with Crippen LogP contribution in [0, 0.1) is 13.8 Å². The van der Waals surface area contributed by atoms with Crippen LogP contribution in [0.5, 0.6) is 0 Å². The number of hydrogen-bond acceptors (Lipinski definition) is 3. The van der Waals surface area contributed by atoms with Crippen LogP contribution in [0.1, 0.15) is 21.7 Å². The average molecular weight is 286 g/mol. The van der Waals surface area contributed by atoms with Gasteiger partial charge in [-0.1, -0.05) is 6.07 Å². The molecule has 21 heavy (non-hydrogen) atoms. The van der Waals surface area contributed by atoms with Crippen molar-refractivity contribution < 1.29 is 9.59 Å². The Bertz CT molecular complexity index is 699. The molecule has 0 atom stereocenters. The molecular weight excluding hydrogens is 268 g/mol. The lowest BCUT2D eigenvalue weighted by Gasteiger charge is -2.32. The fourth-order valence-corrected chi connectivity index (χ4v) is 2.76. The third-order valence-electron chi connectivity index (χ3n) is 3.97. The van der Waals surface area contributed by atoms with Crippen molar-refractivity contribution >= 4 is 18.0 Å². The van der Waals surface area contributed by atoms with Gasteiger partial charge in [0.05, 0.1) is 5.69 Å². The van der Waals surface area contributed by atoms with Gasteiger partial charge >= 0.3 is 0 Å². The van der Waals surface area contributed by atoms with E-state index in [-0.39, 0.29) is 5.91 Å². The highest BCUT2D eigenvalue weighted by Gasteiger charge is 2.25. The van der Waals surface area contributed by atoms with E-state index in [0.717, 1.165) is 23.3 Å². The molecule has 0 aliphatic carbocycles. The Morgan fingerprint density at radius 1 is 1.24 bits per heavy atom. The molecule has 1 saturated heterocycles. The number of aromatic nitrogens is 2. The number of hydrogen-bond donors (Lipinski definition) is 0. The molecule has 0 N–H and O–H groups in total. The van der Waals surface area contributed by atoms with E-state index in [1.807, 2.05) is 36.6 Å². The van der Waals surface area contributed by atoms with Crippen molar-refractivity contribution in [3.63, 3.8) is 0 Å². The molecule has 0 aromatic carbocycles. The lowest BCUT2D eigenvalue weighted by atomic mass is 10.2. The second-order valence-electron chi connectivity index (χ2n) is 5.36. The van der Waals surface area contributed by atoms with Crippen LogP contribution in [0.25, 0.3) is 5.65 Å². The van der Waals surface area contributed by atoms with Crippen molar-refractivity contribution in [1.29, 1.82) is 0 Å². The zero-order valence-electron chi connectivity index (χ0n) is 12.2. The highest BCUT2D eigenvalue weighted by molar-refractivity contribution is 5.95. The minimum atomic E-state index is -0.0175. The van der Waals surface area contributed by atoms with Crippen LogP contribution in [0.2, 0.25) is 0 Å². The highest BCUT2D eigenvalue weighted by atomic mass is 16.2. The average Bonchev–Trinajstić information content (AvgIpc) is 2.84. The van der Waals surface area contributed by atoms with Gasteiger partial charge in [-0.05, 0) is 25.5 Å². The van der Waals surface area contributed by atoms with E-state index in [4.69, 9.17) is 0 Å². The van der Waals surface area contributed by atoms with Gasteiger partial charge in [-0.25, -0.2) is 4.98 Å². The first-order chi connectivity index (χ1) is 10.1. The molecule has 2 aromatic heterocycles. The Morgan fingerprint density at radius 2 is 1.95 bits per heavy atom. The van der Waals surface area contributed by atoms with E-state index in [1.165, 1.54) is 0 Å². The molecule has 1 fully saturated rings. The third-order valence-corrected chi connectivity index (χ3v) is 3.97. The summed E-state index contributed by atoms with van der Waals surface area (Å²) in [5.41, 5.74) is 3.23. The molecule has 0 bridgehead atoms. The number of imidazole rings is 1. The van der Waals surface area contributed by atoms with Crippen LogP contribution in [-0.2, 0) is 4.79 Å². The maximum absolute atomic E-state index is 12.8. The van der Waals surface area contributed by atoms with Gasteiger partial charge in [0.2, 0.25) is 6.41 Å². The molecule has 0 saturated carbocycles. The van der Waals surface area contributed by atoms with Crippen molar-refractivity contribution in [2.24, 2.45) is 0 Å². The van der Waals surface area contributed by atoms with E-state index in [0.29, 0.717) is 31.9 Å². The quantitative estimate of drug-likeness (QED) is 0.770. The van der Waals surface area contributed by atoms with Gasteiger partial charge in [-0.15, -0.1) is 0 Å². The molecule has 2 amide bonds. The zero-order valence-corrected chi connectivity index (χ0v) is 12.2. The SMILES string of the molecule is Cc1nc2c(C)cccn2c1C(=O)N1CCN(C=O)CC1. The van der Waals surface area contributed by atoms with Crippen molar-refractivity contribution in [3.8, 4) is 0 Å². The molecule has 0 spiro atoms. The molecule has 3 heterocycles. The van der Waals surface area contributed by atoms with Crippen LogP contribution in [0.4, 0.5) is 0 Å². The summed E-state index contributed by atoms with van der Waals surface area (Å²) < 4.78 is 1.86. The summed E-state index contributed by atoms with van der Waals surface area (Å²) in [5, 5.41) is 0. The zero-order chi connectivity index (χ0) is 15.0. The number of aryl methyl sites for hydroxylation is 2. The molecule has 6 heteroatoms. The van der Waals surface area contributed by atoms with Crippen LogP contribution in [-0.4, -0.2) is 57.7 Å². The van der Waals surface area contributed by atoms with E-state index >= 15 is 0 Å². The fraction of sp³-hybridized carbons (Fsp3) is 0.400. The van der Waals surface area contributed by atoms with Crippen molar-refractivity contribution in [2.45, 2.75) is 13.8 Å². The van der Waals surface area contributed by atoms with E-state index in [9.17, 15) is 9.59 Å². The number of nitrogens with zero attached hydrogens (tertiary/aromatic N) is 4. The Balaban J connectivity index is 1.94. The summed E-state index contributed by atoms with van der Waals surface area (Å²) in [6, 6.07) is 3.91. The topological polar surface area (TPSA) is 57.9 Å². The second kappa shape index (κ2) is 5.20. The van der Waals surface area contributed by atoms with Gasteiger partial charge in [0.15, 0.2) is 0 Å². The second-order valence-corrected chi connectivity index (χ2v) is 5.36. The number of amides is 2. The number of carbonyl (C=O) groups excluding carboxylic acids is 2. The van der Waals surface area contributed by atoms with Gasteiger partial charge in [0, 0.05) is 32.4 Å². The summed E-state index contributed by atoms with van der Waals surface area (Å²) in [6.45, 7) is 6.15. The fourth-order valence-electron chi connectivity index (χ4n) is 2.76. The first-order valence-corrected chi connectivity index (χ1v) is 7.04. The molecule has 0 unspecified atom stereocenters. The molecule has 1 aliphatic heterocycles. The normalized spacial score (nSPS) is 15.5. The third kappa shape index (κ3) is 2.26. The first-order valence-electron chi connectivity index (χ1n) is 7.04. The molecule has 6 nitrogen and oxygen atoms in total. The van der Waals surface area contributed by atoms with Gasteiger partial charge in [-0.3, -0.25) is 14.0 Å². The molecule has 2 aromatic rings. The van der Waals surface area contributed by atoms with Gasteiger partial charge < -0.3 is 9.80 Å². The molecule has 110 valence electrons. The molecular formula is C15H18N4O2. The summed E-state index contributed by atoms with van der Waals surface area (Å²) in [4.78, 5) is 31.5.